The minimum Gasteiger partial charge on any atom is -0.350 e. The first kappa shape index (κ1) is 16.7. The third-order valence-corrected chi connectivity index (χ3v) is 5.59. The van der Waals surface area contributed by atoms with Gasteiger partial charge in [-0.25, -0.2) is 13.1 Å². The molecule has 0 heterocycles. The number of carbonyl (C=O) groups excluding carboxylic acids is 1. The summed E-state index contributed by atoms with van der Waals surface area (Å²) < 4.78 is 27.7. The molecule has 5 nitrogen and oxygen atoms in total. The standard InChI is InChI=1S/C16H22N2O3S/c1-4-16(19)17-13-6-7-14(10-13)18-22(20,21)15-8-5-11(2)9-12(15)3/h4-5,8-9,13-14,18H,1,6-7,10H2,2-3H3,(H,17,19)/t13-,14+/m1/s1. The molecule has 0 aromatic heterocycles. The fourth-order valence-electron chi connectivity index (χ4n) is 2.86. The molecule has 1 fully saturated rings. The van der Waals surface area contributed by atoms with Crippen LogP contribution in [-0.4, -0.2) is 26.4 Å². The van der Waals surface area contributed by atoms with Gasteiger partial charge in [0.05, 0.1) is 4.90 Å². The highest BCUT2D eigenvalue weighted by molar-refractivity contribution is 7.89. The maximum atomic E-state index is 12.5. The lowest BCUT2D eigenvalue weighted by Gasteiger charge is -2.15. The molecule has 0 aliphatic heterocycles. The highest BCUT2D eigenvalue weighted by atomic mass is 32.2. The van der Waals surface area contributed by atoms with Crippen molar-refractivity contribution in [1.82, 2.24) is 10.0 Å². The van der Waals surface area contributed by atoms with Crippen molar-refractivity contribution in [2.75, 3.05) is 0 Å². The van der Waals surface area contributed by atoms with Gasteiger partial charge in [-0.2, -0.15) is 0 Å². The molecule has 0 unspecified atom stereocenters. The van der Waals surface area contributed by atoms with Crippen molar-refractivity contribution >= 4 is 15.9 Å². The van der Waals surface area contributed by atoms with Gasteiger partial charge in [0.1, 0.15) is 0 Å². The lowest BCUT2D eigenvalue weighted by Crippen LogP contribution is -2.36. The Balaban J connectivity index is 2.04. The Kier molecular flexibility index (Phi) is 5.03. The van der Waals surface area contributed by atoms with Crippen LogP contribution in [0.2, 0.25) is 0 Å². The molecule has 6 heteroatoms. The third-order valence-electron chi connectivity index (χ3n) is 3.91. The van der Waals surface area contributed by atoms with Crippen LogP contribution in [0.3, 0.4) is 0 Å². The van der Waals surface area contributed by atoms with Crippen molar-refractivity contribution in [2.45, 2.75) is 50.1 Å². The van der Waals surface area contributed by atoms with Crippen LogP contribution in [0.4, 0.5) is 0 Å². The van der Waals surface area contributed by atoms with Crippen molar-refractivity contribution in [3.8, 4) is 0 Å². The van der Waals surface area contributed by atoms with E-state index in [9.17, 15) is 13.2 Å². The summed E-state index contributed by atoms with van der Waals surface area (Å²) in [5.74, 6) is -0.220. The van der Waals surface area contributed by atoms with Crippen molar-refractivity contribution in [3.05, 3.63) is 42.0 Å². The normalized spacial score (nSPS) is 21.5. The van der Waals surface area contributed by atoms with E-state index in [4.69, 9.17) is 0 Å². The zero-order valence-electron chi connectivity index (χ0n) is 12.9. The number of hydrogen-bond acceptors (Lipinski definition) is 3. The zero-order chi connectivity index (χ0) is 16.3. The molecule has 2 rings (SSSR count). The zero-order valence-corrected chi connectivity index (χ0v) is 13.7. The summed E-state index contributed by atoms with van der Waals surface area (Å²) in [5, 5.41) is 2.81. The second-order valence-electron chi connectivity index (χ2n) is 5.81. The molecule has 2 N–H and O–H groups in total. The molecule has 1 aromatic rings. The summed E-state index contributed by atoms with van der Waals surface area (Å²) in [6.45, 7) is 7.14. The average Bonchev–Trinajstić information content (AvgIpc) is 2.84. The number of nitrogens with one attached hydrogen (secondary N) is 2. The molecular weight excluding hydrogens is 300 g/mol. The highest BCUT2D eigenvalue weighted by Crippen LogP contribution is 2.23. The number of aryl methyl sites for hydroxylation is 2. The SMILES string of the molecule is C=CC(=O)N[C@@H]1CC[C@H](NS(=O)(=O)c2ccc(C)cc2C)C1. The molecular formula is C16H22N2O3S. The summed E-state index contributed by atoms with van der Waals surface area (Å²) in [4.78, 5) is 11.6. The average molecular weight is 322 g/mol. The van der Waals surface area contributed by atoms with Crippen LogP contribution >= 0.6 is 0 Å². The topological polar surface area (TPSA) is 75.3 Å². The molecule has 0 bridgehead atoms. The van der Waals surface area contributed by atoms with Crippen LogP contribution in [0.5, 0.6) is 0 Å². The number of carbonyl (C=O) groups is 1. The summed E-state index contributed by atoms with van der Waals surface area (Å²) >= 11 is 0. The molecule has 2 atom stereocenters. The predicted octanol–water partition coefficient (Wildman–Crippen LogP) is 1.81. The lowest BCUT2D eigenvalue weighted by molar-refractivity contribution is -0.117. The molecule has 1 aliphatic carbocycles. The number of amides is 1. The Hall–Kier alpha value is -1.66. The van der Waals surface area contributed by atoms with Crippen molar-refractivity contribution in [2.24, 2.45) is 0 Å². The molecule has 1 amide bonds. The second-order valence-corrected chi connectivity index (χ2v) is 7.49. The van der Waals surface area contributed by atoms with Crippen LogP contribution in [0, 0.1) is 13.8 Å². The van der Waals surface area contributed by atoms with E-state index in [1.54, 1.807) is 19.1 Å². The molecule has 0 saturated heterocycles. The first-order valence-corrected chi connectivity index (χ1v) is 8.82. The monoisotopic (exact) mass is 322 g/mol. The highest BCUT2D eigenvalue weighted by Gasteiger charge is 2.29. The van der Waals surface area contributed by atoms with E-state index >= 15 is 0 Å². The summed E-state index contributed by atoms with van der Waals surface area (Å²) in [6, 6.07) is 5.14. The summed E-state index contributed by atoms with van der Waals surface area (Å²) in [6.07, 6.45) is 3.31. The Morgan fingerprint density at radius 1 is 1.27 bits per heavy atom. The van der Waals surface area contributed by atoms with Gasteiger partial charge < -0.3 is 5.32 Å². The van der Waals surface area contributed by atoms with E-state index in [1.165, 1.54) is 6.08 Å². The van der Waals surface area contributed by atoms with Gasteiger partial charge in [0.2, 0.25) is 15.9 Å². The maximum absolute atomic E-state index is 12.5. The quantitative estimate of drug-likeness (QED) is 0.812. The molecule has 22 heavy (non-hydrogen) atoms. The Labute approximate surface area is 131 Å². The fourth-order valence-corrected chi connectivity index (χ4v) is 4.37. The largest absolute Gasteiger partial charge is 0.350 e. The van der Waals surface area contributed by atoms with Gasteiger partial charge in [-0.1, -0.05) is 24.3 Å². The molecule has 120 valence electrons. The van der Waals surface area contributed by atoms with E-state index in [2.05, 4.69) is 16.6 Å². The van der Waals surface area contributed by atoms with Gasteiger partial charge in [0.15, 0.2) is 0 Å². The van der Waals surface area contributed by atoms with Gasteiger partial charge in [-0.3, -0.25) is 4.79 Å². The van der Waals surface area contributed by atoms with Crippen LogP contribution in [0.1, 0.15) is 30.4 Å². The van der Waals surface area contributed by atoms with Gasteiger partial charge in [-0.15, -0.1) is 0 Å². The number of benzene rings is 1. The first-order chi connectivity index (χ1) is 10.3. The first-order valence-electron chi connectivity index (χ1n) is 7.34. The van der Waals surface area contributed by atoms with E-state index in [1.807, 2.05) is 13.0 Å². The third kappa shape index (κ3) is 3.96. The molecule has 1 aliphatic rings. The Morgan fingerprint density at radius 3 is 2.59 bits per heavy atom. The lowest BCUT2D eigenvalue weighted by atomic mass is 10.2. The summed E-state index contributed by atoms with van der Waals surface area (Å²) in [5.41, 5.74) is 1.77. The van der Waals surface area contributed by atoms with Crippen LogP contribution in [0.25, 0.3) is 0 Å². The fraction of sp³-hybridized carbons (Fsp3) is 0.438. The van der Waals surface area contributed by atoms with E-state index in [-0.39, 0.29) is 18.0 Å². The Morgan fingerprint density at radius 2 is 1.95 bits per heavy atom. The number of sulfonamides is 1. The number of rotatable bonds is 5. The molecule has 0 spiro atoms. The van der Waals surface area contributed by atoms with E-state index in [0.29, 0.717) is 17.7 Å². The molecule has 1 aromatic carbocycles. The van der Waals surface area contributed by atoms with Gasteiger partial charge in [0.25, 0.3) is 0 Å². The predicted molar refractivity (Wildman–Crippen MR) is 86.0 cm³/mol. The summed E-state index contributed by atoms with van der Waals surface area (Å²) in [7, 11) is -3.53. The van der Waals surface area contributed by atoms with Crippen LogP contribution in [-0.2, 0) is 14.8 Å². The van der Waals surface area contributed by atoms with Crippen LogP contribution in [0.15, 0.2) is 35.7 Å². The number of hydrogen-bond donors (Lipinski definition) is 2. The van der Waals surface area contributed by atoms with Crippen LogP contribution < -0.4 is 10.0 Å². The Bertz CT molecular complexity index is 683. The van der Waals surface area contributed by atoms with Crippen molar-refractivity contribution < 1.29 is 13.2 Å². The molecule has 0 radical (unpaired) electrons. The van der Waals surface area contributed by atoms with Gasteiger partial charge in [0, 0.05) is 12.1 Å². The minimum atomic E-state index is -3.53. The van der Waals surface area contributed by atoms with Gasteiger partial charge in [-0.05, 0) is 50.8 Å². The van der Waals surface area contributed by atoms with E-state index < -0.39 is 10.0 Å². The maximum Gasteiger partial charge on any atom is 0.243 e. The second kappa shape index (κ2) is 6.62. The van der Waals surface area contributed by atoms with E-state index in [0.717, 1.165) is 17.5 Å². The van der Waals surface area contributed by atoms with Gasteiger partial charge >= 0.3 is 0 Å². The smallest absolute Gasteiger partial charge is 0.243 e. The van der Waals surface area contributed by atoms with Crippen molar-refractivity contribution in [3.63, 3.8) is 0 Å². The molecule has 1 saturated carbocycles. The minimum absolute atomic E-state index is 0.00249. The van der Waals surface area contributed by atoms with Crippen molar-refractivity contribution in [1.29, 1.82) is 0 Å².